The normalized spacial score (nSPS) is 18.2. The maximum Gasteiger partial charge on any atom is 0.410 e. The number of aromatic nitrogens is 3. The van der Waals surface area contributed by atoms with Crippen LogP contribution in [0.1, 0.15) is 36.0 Å². The molecule has 0 aliphatic carbocycles. The van der Waals surface area contributed by atoms with E-state index < -0.39 is 0 Å². The van der Waals surface area contributed by atoms with E-state index in [1.165, 1.54) is 0 Å². The number of aryl methyl sites for hydroxylation is 1. The molecule has 0 bridgehead atoms. The van der Waals surface area contributed by atoms with E-state index >= 15 is 0 Å². The molecule has 1 amide bonds. The Hall–Kier alpha value is -2.37. The van der Waals surface area contributed by atoms with Gasteiger partial charge in [0.2, 0.25) is 0 Å². The lowest BCUT2D eigenvalue weighted by molar-refractivity contribution is 0.0853. The number of aromatic amines is 1. The molecule has 0 radical (unpaired) electrons. The Labute approximate surface area is 129 Å². The number of carbonyl (C=O) groups excluding carboxylic acids is 1. The number of rotatable bonds is 3. The molecule has 116 valence electrons. The van der Waals surface area contributed by atoms with Gasteiger partial charge in [-0.1, -0.05) is 30.3 Å². The van der Waals surface area contributed by atoms with Gasteiger partial charge in [0.25, 0.3) is 0 Å². The van der Waals surface area contributed by atoms with Crippen molar-refractivity contribution in [2.24, 2.45) is 0 Å². The molecule has 6 nitrogen and oxygen atoms in total. The summed E-state index contributed by atoms with van der Waals surface area (Å²) in [5, 5.41) is 7.02. The molecule has 0 spiro atoms. The summed E-state index contributed by atoms with van der Waals surface area (Å²) in [4.78, 5) is 18.3. The zero-order valence-corrected chi connectivity index (χ0v) is 12.7. The molecular weight excluding hydrogens is 280 g/mol. The maximum absolute atomic E-state index is 12.2. The number of amides is 1. The Morgan fingerprint density at radius 1 is 1.41 bits per heavy atom. The molecule has 2 heterocycles. The number of nitrogens with zero attached hydrogens (tertiary/aromatic N) is 3. The van der Waals surface area contributed by atoms with Gasteiger partial charge in [-0.15, -0.1) is 0 Å². The minimum absolute atomic E-state index is 0.208. The highest BCUT2D eigenvalue weighted by Crippen LogP contribution is 2.24. The lowest BCUT2D eigenvalue weighted by Crippen LogP contribution is -2.39. The number of hydrogen-bond donors (Lipinski definition) is 1. The van der Waals surface area contributed by atoms with E-state index in [0.29, 0.717) is 13.2 Å². The predicted molar refractivity (Wildman–Crippen MR) is 81.3 cm³/mol. The lowest BCUT2D eigenvalue weighted by Gasteiger charge is -2.30. The van der Waals surface area contributed by atoms with Crippen LogP contribution in [0.15, 0.2) is 30.3 Å². The Balaban J connectivity index is 1.56. The summed E-state index contributed by atoms with van der Waals surface area (Å²) in [7, 11) is 0. The molecule has 0 saturated carbocycles. The molecule has 1 aliphatic rings. The summed E-state index contributed by atoms with van der Waals surface area (Å²) in [6.45, 7) is 3.52. The van der Waals surface area contributed by atoms with Gasteiger partial charge >= 0.3 is 6.09 Å². The first kappa shape index (κ1) is 14.6. The highest BCUT2D eigenvalue weighted by atomic mass is 16.6. The summed E-state index contributed by atoms with van der Waals surface area (Å²) < 4.78 is 5.40. The molecule has 1 aromatic heterocycles. The van der Waals surface area contributed by atoms with Crippen molar-refractivity contribution in [3.8, 4) is 0 Å². The van der Waals surface area contributed by atoms with Crippen LogP contribution in [0.5, 0.6) is 0 Å². The Morgan fingerprint density at radius 3 is 2.95 bits per heavy atom. The summed E-state index contributed by atoms with van der Waals surface area (Å²) in [6.07, 6.45) is 1.70. The summed E-state index contributed by atoms with van der Waals surface area (Å²) in [6, 6.07) is 9.71. The van der Waals surface area contributed by atoms with Crippen LogP contribution in [0, 0.1) is 6.92 Å². The second-order valence-electron chi connectivity index (χ2n) is 5.59. The van der Waals surface area contributed by atoms with Crippen molar-refractivity contribution in [1.29, 1.82) is 0 Å². The number of likely N-dealkylation sites (tertiary alicyclic amines) is 1. The first-order valence-electron chi connectivity index (χ1n) is 7.57. The van der Waals surface area contributed by atoms with Crippen LogP contribution in [-0.4, -0.2) is 39.3 Å². The first-order chi connectivity index (χ1) is 10.7. The maximum atomic E-state index is 12.2. The zero-order valence-electron chi connectivity index (χ0n) is 12.7. The Bertz CT molecular complexity index is 626. The number of benzene rings is 1. The first-order valence-corrected chi connectivity index (χ1v) is 7.57. The molecule has 1 atom stereocenters. The van der Waals surface area contributed by atoms with Crippen molar-refractivity contribution in [3.63, 3.8) is 0 Å². The van der Waals surface area contributed by atoms with Crippen LogP contribution >= 0.6 is 0 Å². The van der Waals surface area contributed by atoms with E-state index in [-0.39, 0.29) is 12.0 Å². The van der Waals surface area contributed by atoms with Gasteiger partial charge in [-0.05, 0) is 25.3 Å². The zero-order chi connectivity index (χ0) is 15.4. The van der Waals surface area contributed by atoms with Gasteiger partial charge in [-0.25, -0.2) is 9.78 Å². The van der Waals surface area contributed by atoms with Crippen LogP contribution in [-0.2, 0) is 11.3 Å². The monoisotopic (exact) mass is 300 g/mol. The third-order valence-corrected chi connectivity index (χ3v) is 3.89. The number of ether oxygens (including phenoxy) is 1. The summed E-state index contributed by atoms with van der Waals surface area (Å²) in [5.74, 6) is 1.80. The smallest absolute Gasteiger partial charge is 0.410 e. The second kappa shape index (κ2) is 6.60. The van der Waals surface area contributed by atoms with Gasteiger partial charge in [-0.3, -0.25) is 5.10 Å². The molecule has 1 unspecified atom stereocenters. The number of hydrogen-bond acceptors (Lipinski definition) is 4. The van der Waals surface area contributed by atoms with E-state index in [0.717, 1.165) is 36.6 Å². The van der Waals surface area contributed by atoms with E-state index in [2.05, 4.69) is 15.2 Å². The van der Waals surface area contributed by atoms with Gasteiger partial charge in [-0.2, -0.15) is 5.10 Å². The number of piperidine rings is 1. The molecule has 3 rings (SSSR count). The van der Waals surface area contributed by atoms with Crippen LogP contribution in [0.25, 0.3) is 0 Å². The number of carbonyl (C=O) groups is 1. The largest absolute Gasteiger partial charge is 0.445 e. The molecule has 6 heteroatoms. The van der Waals surface area contributed by atoms with Crippen LogP contribution < -0.4 is 0 Å². The van der Waals surface area contributed by atoms with Gasteiger partial charge < -0.3 is 9.64 Å². The van der Waals surface area contributed by atoms with Crippen molar-refractivity contribution in [2.45, 2.75) is 32.3 Å². The van der Waals surface area contributed by atoms with Crippen LogP contribution in [0.4, 0.5) is 4.79 Å². The lowest BCUT2D eigenvalue weighted by atomic mass is 9.98. The van der Waals surface area contributed by atoms with Gasteiger partial charge in [0.05, 0.1) is 0 Å². The fourth-order valence-electron chi connectivity index (χ4n) is 2.72. The van der Waals surface area contributed by atoms with E-state index in [4.69, 9.17) is 4.74 Å². The van der Waals surface area contributed by atoms with Crippen molar-refractivity contribution in [3.05, 3.63) is 47.5 Å². The van der Waals surface area contributed by atoms with Crippen molar-refractivity contribution in [1.82, 2.24) is 20.1 Å². The molecule has 1 fully saturated rings. The quantitative estimate of drug-likeness (QED) is 0.946. The highest BCUT2D eigenvalue weighted by molar-refractivity contribution is 5.67. The predicted octanol–water partition coefficient (Wildman–Crippen LogP) is 2.63. The number of nitrogens with one attached hydrogen (secondary N) is 1. The number of H-pyrrole nitrogens is 1. The molecule has 1 aliphatic heterocycles. The third-order valence-electron chi connectivity index (χ3n) is 3.89. The Kier molecular flexibility index (Phi) is 4.37. The topological polar surface area (TPSA) is 71.1 Å². The fraction of sp³-hybridized carbons (Fsp3) is 0.438. The van der Waals surface area contributed by atoms with Gasteiger partial charge in [0, 0.05) is 19.0 Å². The van der Waals surface area contributed by atoms with Crippen molar-refractivity contribution in [2.75, 3.05) is 13.1 Å². The van der Waals surface area contributed by atoms with Crippen LogP contribution in [0.3, 0.4) is 0 Å². The second-order valence-corrected chi connectivity index (χ2v) is 5.59. The molecule has 2 aromatic rings. The standard InChI is InChI=1S/C16H20N4O2/c1-12-17-15(19-18-12)14-8-5-9-20(10-14)16(21)22-11-13-6-3-2-4-7-13/h2-4,6-7,14H,5,8-11H2,1H3,(H,17,18,19). The fourth-order valence-corrected chi connectivity index (χ4v) is 2.72. The summed E-state index contributed by atoms with van der Waals surface area (Å²) >= 11 is 0. The minimum atomic E-state index is -0.259. The molecule has 22 heavy (non-hydrogen) atoms. The van der Waals surface area contributed by atoms with Crippen LogP contribution in [0.2, 0.25) is 0 Å². The van der Waals surface area contributed by atoms with E-state index in [1.54, 1.807) is 4.90 Å². The van der Waals surface area contributed by atoms with E-state index in [1.807, 2.05) is 37.3 Å². The molecule has 1 aromatic carbocycles. The minimum Gasteiger partial charge on any atom is -0.445 e. The van der Waals surface area contributed by atoms with Gasteiger partial charge in [0.15, 0.2) is 0 Å². The molecule has 1 N–H and O–H groups in total. The average Bonchev–Trinajstić information content (AvgIpc) is 3.00. The highest BCUT2D eigenvalue weighted by Gasteiger charge is 2.27. The molecule has 1 saturated heterocycles. The van der Waals surface area contributed by atoms with Crippen molar-refractivity contribution < 1.29 is 9.53 Å². The average molecular weight is 300 g/mol. The Morgan fingerprint density at radius 2 is 2.23 bits per heavy atom. The van der Waals surface area contributed by atoms with Gasteiger partial charge in [0.1, 0.15) is 18.3 Å². The third kappa shape index (κ3) is 3.44. The summed E-state index contributed by atoms with van der Waals surface area (Å²) in [5.41, 5.74) is 0.996. The SMILES string of the molecule is Cc1n[nH]c(C2CCCN(C(=O)OCc3ccccc3)C2)n1. The van der Waals surface area contributed by atoms with Crippen molar-refractivity contribution >= 4 is 6.09 Å². The van der Waals surface area contributed by atoms with E-state index in [9.17, 15) is 4.79 Å². The molecular formula is C16H20N4O2.